The minimum absolute atomic E-state index is 0.217. The Morgan fingerprint density at radius 1 is 1.42 bits per heavy atom. The van der Waals surface area contributed by atoms with Gasteiger partial charge in [-0.25, -0.2) is 4.98 Å². The summed E-state index contributed by atoms with van der Waals surface area (Å²) < 4.78 is 39.4. The first-order valence-electron chi connectivity index (χ1n) is 5.36. The fraction of sp³-hybridized carbons (Fsp3) is 0.455. The lowest BCUT2D eigenvalue weighted by molar-refractivity contribution is -0.274. The van der Waals surface area contributed by atoms with Crippen molar-refractivity contribution in [3.05, 3.63) is 18.3 Å². The number of pyridine rings is 1. The molecule has 0 aliphatic carbocycles. The van der Waals surface area contributed by atoms with Gasteiger partial charge in [-0.1, -0.05) is 0 Å². The maximum absolute atomic E-state index is 11.9. The quantitative estimate of drug-likeness (QED) is 0.861. The Bertz CT molecular complexity index is 443. The van der Waals surface area contributed by atoms with Crippen LogP contribution < -0.4 is 15.8 Å². The number of alkyl halides is 3. The van der Waals surface area contributed by atoms with Gasteiger partial charge in [0.2, 0.25) is 5.91 Å². The topological polar surface area (TPSA) is 77.2 Å². The first kappa shape index (κ1) is 15.1. The van der Waals surface area contributed by atoms with Gasteiger partial charge in [-0.2, -0.15) is 0 Å². The number of carbonyl (C=O) groups is 1. The second-order valence-corrected chi connectivity index (χ2v) is 4.53. The fourth-order valence-corrected chi connectivity index (χ4v) is 1.08. The lowest BCUT2D eigenvalue weighted by Crippen LogP contribution is -2.37. The van der Waals surface area contributed by atoms with Crippen molar-refractivity contribution in [3.63, 3.8) is 0 Å². The fourth-order valence-electron chi connectivity index (χ4n) is 1.08. The number of rotatable bonds is 5. The van der Waals surface area contributed by atoms with E-state index in [1.54, 1.807) is 13.8 Å². The molecule has 0 spiro atoms. The van der Waals surface area contributed by atoms with Crippen LogP contribution in [0.2, 0.25) is 0 Å². The van der Waals surface area contributed by atoms with Crippen molar-refractivity contribution in [2.75, 3.05) is 11.9 Å². The SMILES string of the molecule is CC(C)(CNc1ccc(OC(F)(F)F)cn1)C(N)=O. The largest absolute Gasteiger partial charge is 0.573 e. The zero-order valence-corrected chi connectivity index (χ0v) is 10.4. The molecule has 0 atom stereocenters. The van der Waals surface area contributed by atoms with Crippen LogP contribution in [-0.2, 0) is 4.79 Å². The van der Waals surface area contributed by atoms with Gasteiger partial charge >= 0.3 is 6.36 Å². The van der Waals surface area contributed by atoms with Crippen molar-refractivity contribution >= 4 is 11.7 Å². The number of amides is 1. The summed E-state index contributed by atoms with van der Waals surface area (Å²) in [6.07, 6.45) is -3.81. The molecule has 0 unspecified atom stereocenters. The smallest absolute Gasteiger partial charge is 0.404 e. The van der Waals surface area contributed by atoms with Crippen molar-refractivity contribution < 1.29 is 22.7 Å². The molecule has 0 aliphatic rings. The summed E-state index contributed by atoms with van der Waals surface area (Å²) in [7, 11) is 0. The monoisotopic (exact) mass is 277 g/mol. The summed E-state index contributed by atoms with van der Waals surface area (Å²) in [6, 6.07) is 2.44. The Morgan fingerprint density at radius 2 is 2.05 bits per heavy atom. The van der Waals surface area contributed by atoms with Gasteiger partial charge in [-0.3, -0.25) is 4.79 Å². The highest BCUT2D eigenvalue weighted by Crippen LogP contribution is 2.23. The molecule has 1 aromatic heterocycles. The van der Waals surface area contributed by atoms with Gasteiger partial charge in [-0.15, -0.1) is 13.2 Å². The van der Waals surface area contributed by atoms with E-state index in [1.807, 2.05) is 0 Å². The van der Waals surface area contributed by atoms with Gasteiger partial charge in [0.25, 0.3) is 0 Å². The van der Waals surface area contributed by atoms with Crippen LogP contribution in [0.5, 0.6) is 5.75 Å². The van der Waals surface area contributed by atoms with E-state index in [2.05, 4.69) is 15.0 Å². The summed E-state index contributed by atoms with van der Waals surface area (Å²) >= 11 is 0. The molecule has 0 bridgehead atoms. The molecule has 0 saturated heterocycles. The van der Waals surface area contributed by atoms with Gasteiger partial charge in [-0.05, 0) is 26.0 Å². The second kappa shape index (κ2) is 5.33. The first-order valence-corrected chi connectivity index (χ1v) is 5.36. The lowest BCUT2D eigenvalue weighted by Gasteiger charge is -2.21. The average Bonchev–Trinajstić information content (AvgIpc) is 2.26. The summed E-state index contributed by atoms with van der Waals surface area (Å²) in [5.74, 6) is -0.576. The number of halogens is 3. The van der Waals surface area contributed by atoms with E-state index in [0.29, 0.717) is 5.82 Å². The van der Waals surface area contributed by atoms with Gasteiger partial charge in [0, 0.05) is 6.54 Å². The van der Waals surface area contributed by atoms with Crippen LogP contribution in [0.1, 0.15) is 13.8 Å². The van der Waals surface area contributed by atoms with E-state index in [1.165, 1.54) is 6.07 Å². The van der Waals surface area contributed by atoms with E-state index in [9.17, 15) is 18.0 Å². The lowest BCUT2D eigenvalue weighted by atomic mass is 9.93. The van der Waals surface area contributed by atoms with Crippen LogP contribution in [0, 0.1) is 5.41 Å². The van der Waals surface area contributed by atoms with E-state index in [4.69, 9.17) is 5.73 Å². The van der Waals surface area contributed by atoms with Crippen LogP contribution in [0.25, 0.3) is 0 Å². The highest BCUT2D eigenvalue weighted by atomic mass is 19.4. The Balaban J connectivity index is 2.61. The molecule has 0 fully saturated rings. The van der Waals surface area contributed by atoms with Crippen molar-refractivity contribution in [3.8, 4) is 5.75 Å². The molecule has 3 N–H and O–H groups in total. The van der Waals surface area contributed by atoms with Crippen molar-refractivity contribution in [2.24, 2.45) is 11.1 Å². The van der Waals surface area contributed by atoms with Crippen molar-refractivity contribution in [1.29, 1.82) is 0 Å². The molecule has 5 nitrogen and oxygen atoms in total. The van der Waals surface area contributed by atoms with E-state index >= 15 is 0 Å². The number of nitrogens with zero attached hydrogens (tertiary/aromatic N) is 1. The standard InChI is InChI=1S/C11H14F3N3O2/c1-10(2,9(15)18)6-17-8-4-3-7(5-16-8)19-11(12,13)14/h3-5H,6H2,1-2H3,(H2,15,18)(H,16,17). The normalized spacial score (nSPS) is 12.1. The summed E-state index contributed by atoms with van der Waals surface area (Å²) in [5, 5.41) is 2.81. The van der Waals surface area contributed by atoms with Crippen LogP contribution in [0.4, 0.5) is 19.0 Å². The zero-order valence-electron chi connectivity index (χ0n) is 10.4. The highest BCUT2D eigenvalue weighted by molar-refractivity contribution is 5.80. The summed E-state index contributed by atoms with van der Waals surface area (Å²) in [6.45, 7) is 3.50. The average molecular weight is 277 g/mol. The molecule has 1 amide bonds. The number of aromatic nitrogens is 1. The number of hydrogen-bond acceptors (Lipinski definition) is 4. The Kier molecular flexibility index (Phi) is 4.23. The molecular weight excluding hydrogens is 263 g/mol. The van der Waals surface area contributed by atoms with Gasteiger partial charge < -0.3 is 15.8 Å². The first-order chi connectivity index (χ1) is 8.60. The number of anilines is 1. The predicted octanol–water partition coefficient (Wildman–Crippen LogP) is 1.90. The third-order valence-corrected chi connectivity index (χ3v) is 2.35. The van der Waals surface area contributed by atoms with Gasteiger partial charge in [0.1, 0.15) is 11.6 Å². The molecule has 0 radical (unpaired) electrons. The summed E-state index contributed by atoms with van der Waals surface area (Å²) in [4.78, 5) is 14.8. The van der Waals surface area contributed by atoms with E-state index < -0.39 is 23.4 Å². The number of primary amides is 1. The molecule has 1 rings (SSSR count). The minimum Gasteiger partial charge on any atom is -0.404 e. The van der Waals surface area contributed by atoms with Gasteiger partial charge in [0.05, 0.1) is 11.6 Å². The molecule has 1 aromatic rings. The maximum Gasteiger partial charge on any atom is 0.573 e. The van der Waals surface area contributed by atoms with Crippen LogP contribution in [0.15, 0.2) is 18.3 Å². The number of hydrogen-bond donors (Lipinski definition) is 2. The van der Waals surface area contributed by atoms with E-state index in [0.717, 1.165) is 12.3 Å². The Morgan fingerprint density at radius 3 is 2.47 bits per heavy atom. The van der Waals surface area contributed by atoms with E-state index in [-0.39, 0.29) is 6.54 Å². The molecule has 1 heterocycles. The second-order valence-electron chi connectivity index (χ2n) is 4.53. The van der Waals surface area contributed by atoms with Crippen LogP contribution >= 0.6 is 0 Å². The van der Waals surface area contributed by atoms with Crippen LogP contribution in [0.3, 0.4) is 0 Å². The Labute approximate surface area is 108 Å². The number of carbonyl (C=O) groups excluding carboxylic acids is 1. The highest BCUT2D eigenvalue weighted by Gasteiger charge is 2.31. The third-order valence-electron chi connectivity index (χ3n) is 2.35. The Hall–Kier alpha value is -1.99. The number of nitrogens with one attached hydrogen (secondary N) is 1. The van der Waals surface area contributed by atoms with Gasteiger partial charge in [0.15, 0.2) is 0 Å². The van der Waals surface area contributed by atoms with Crippen molar-refractivity contribution in [2.45, 2.75) is 20.2 Å². The van der Waals surface area contributed by atoms with Crippen LogP contribution in [-0.4, -0.2) is 23.8 Å². The molecule has 0 aliphatic heterocycles. The molecule has 0 saturated carbocycles. The maximum atomic E-state index is 11.9. The van der Waals surface area contributed by atoms with Crippen molar-refractivity contribution in [1.82, 2.24) is 4.98 Å². The number of nitrogens with two attached hydrogens (primary N) is 1. The molecule has 0 aromatic carbocycles. The summed E-state index contributed by atoms with van der Waals surface area (Å²) in [5.41, 5.74) is 4.39. The zero-order chi connectivity index (χ0) is 14.7. The minimum atomic E-state index is -4.75. The molecule has 8 heteroatoms. The number of ether oxygens (including phenoxy) is 1. The third kappa shape index (κ3) is 5.02. The molecule has 19 heavy (non-hydrogen) atoms. The predicted molar refractivity (Wildman–Crippen MR) is 62.4 cm³/mol. The molecule has 106 valence electrons. The molecular formula is C11H14F3N3O2.